The van der Waals surface area contributed by atoms with Crippen LogP contribution in [0.25, 0.3) is 0 Å². The van der Waals surface area contributed by atoms with Gasteiger partial charge in [0.05, 0.1) is 11.4 Å². The second kappa shape index (κ2) is 6.13. The average Bonchev–Trinajstić information content (AvgIpc) is 2.43. The second-order valence-corrected chi connectivity index (χ2v) is 7.29. The SMILES string of the molecule is CC(C)N(CC(N)=O)S(=O)(=O)c1cccc2c1CCNC2. The number of amides is 1. The molecule has 0 saturated heterocycles. The number of benzene rings is 1. The van der Waals surface area contributed by atoms with Crippen molar-refractivity contribution in [1.82, 2.24) is 9.62 Å². The number of fused-ring (bicyclic) bond motifs is 1. The van der Waals surface area contributed by atoms with Crippen LogP contribution < -0.4 is 11.1 Å². The lowest BCUT2D eigenvalue weighted by Gasteiger charge is -2.27. The van der Waals surface area contributed by atoms with E-state index in [0.29, 0.717) is 13.0 Å². The maximum Gasteiger partial charge on any atom is 0.244 e. The maximum atomic E-state index is 12.9. The predicted molar refractivity (Wildman–Crippen MR) is 80.1 cm³/mol. The zero-order valence-electron chi connectivity index (χ0n) is 12.3. The Balaban J connectivity index is 2.50. The smallest absolute Gasteiger partial charge is 0.244 e. The molecule has 0 radical (unpaired) electrons. The summed E-state index contributed by atoms with van der Waals surface area (Å²) in [6.45, 7) is 4.57. The van der Waals surface area contributed by atoms with Crippen LogP contribution in [0.2, 0.25) is 0 Å². The summed E-state index contributed by atoms with van der Waals surface area (Å²) in [6.07, 6.45) is 0.660. The molecule has 1 aliphatic rings. The van der Waals surface area contributed by atoms with Crippen LogP contribution in [-0.4, -0.2) is 37.8 Å². The average molecular weight is 311 g/mol. The van der Waals surface area contributed by atoms with Gasteiger partial charge >= 0.3 is 0 Å². The minimum atomic E-state index is -3.73. The molecule has 21 heavy (non-hydrogen) atoms. The second-order valence-electron chi connectivity index (χ2n) is 5.43. The first-order valence-corrected chi connectivity index (χ1v) is 8.39. The molecule has 0 unspecified atom stereocenters. The molecule has 2 rings (SSSR count). The van der Waals surface area contributed by atoms with Gasteiger partial charge in [0.1, 0.15) is 0 Å². The van der Waals surface area contributed by atoms with Crippen LogP contribution in [0.1, 0.15) is 25.0 Å². The third-order valence-corrected chi connectivity index (χ3v) is 5.68. The molecule has 0 aliphatic carbocycles. The number of nitrogens with one attached hydrogen (secondary N) is 1. The fourth-order valence-electron chi connectivity index (χ4n) is 2.56. The van der Waals surface area contributed by atoms with Crippen molar-refractivity contribution in [2.24, 2.45) is 5.73 Å². The molecule has 6 nitrogen and oxygen atoms in total. The van der Waals surface area contributed by atoms with Crippen LogP contribution in [0.5, 0.6) is 0 Å². The zero-order valence-corrected chi connectivity index (χ0v) is 13.1. The van der Waals surface area contributed by atoms with Gasteiger partial charge in [-0.1, -0.05) is 12.1 Å². The molecule has 0 atom stereocenters. The van der Waals surface area contributed by atoms with Gasteiger partial charge < -0.3 is 11.1 Å². The Labute approximate surface area is 125 Å². The summed E-state index contributed by atoms with van der Waals surface area (Å²) in [5.41, 5.74) is 7.02. The highest BCUT2D eigenvalue weighted by Gasteiger charge is 2.31. The Hall–Kier alpha value is -1.44. The minimum absolute atomic E-state index is 0.288. The number of sulfonamides is 1. The molecule has 0 spiro atoms. The zero-order chi connectivity index (χ0) is 15.6. The summed E-state index contributed by atoms with van der Waals surface area (Å²) in [7, 11) is -3.73. The Kier molecular flexibility index (Phi) is 4.65. The number of carbonyl (C=O) groups excluding carboxylic acids is 1. The fourth-order valence-corrected chi connectivity index (χ4v) is 4.46. The quantitative estimate of drug-likeness (QED) is 0.813. The molecule has 1 heterocycles. The van der Waals surface area contributed by atoms with Crippen LogP contribution in [0.15, 0.2) is 23.1 Å². The van der Waals surface area contributed by atoms with Crippen molar-refractivity contribution in [2.45, 2.75) is 37.8 Å². The van der Waals surface area contributed by atoms with Gasteiger partial charge in [-0.3, -0.25) is 4.79 Å². The summed E-state index contributed by atoms with van der Waals surface area (Å²) in [5, 5.41) is 3.22. The van der Waals surface area contributed by atoms with Crippen molar-refractivity contribution in [1.29, 1.82) is 0 Å². The Morgan fingerprint density at radius 3 is 2.76 bits per heavy atom. The first kappa shape index (κ1) is 15.9. The van der Waals surface area contributed by atoms with Gasteiger partial charge in [-0.15, -0.1) is 0 Å². The molecule has 7 heteroatoms. The van der Waals surface area contributed by atoms with E-state index < -0.39 is 15.9 Å². The molecule has 0 aromatic heterocycles. The van der Waals surface area contributed by atoms with E-state index in [9.17, 15) is 13.2 Å². The summed E-state index contributed by atoms with van der Waals surface area (Å²) in [5.74, 6) is -0.654. The monoisotopic (exact) mass is 311 g/mol. The van der Waals surface area contributed by atoms with E-state index in [4.69, 9.17) is 5.73 Å². The van der Waals surface area contributed by atoms with Crippen LogP contribution in [-0.2, 0) is 27.8 Å². The van der Waals surface area contributed by atoms with E-state index in [2.05, 4.69) is 5.32 Å². The van der Waals surface area contributed by atoms with E-state index in [1.807, 2.05) is 6.07 Å². The third-order valence-electron chi connectivity index (χ3n) is 3.57. The lowest BCUT2D eigenvalue weighted by Crippen LogP contribution is -2.43. The van der Waals surface area contributed by atoms with Crippen molar-refractivity contribution in [3.05, 3.63) is 29.3 Å². The number of nitrogens with two attached hydrogens (primary N) is 1. The lowest BCUT2D eigenvalue weighted by atomic mass is 10.0. The lowest BCUT2D eigenvalue weighted by molar-refractivity contribution is -0.118. The van der Waals surface area contributed by atoms with E-state index in [-0.39, 0.29) is 17.5 Å². The molecule has 3 N–H and O–H groups in total. The molecular weight excluding hydrogens is 290 g/mol. The van der Waals surface area contributed by atoms with E-state index in [0.717, 1.165) is 22.0 Å². The highest BCUT2D eigenvalue weighted by molar-refractivity contribution is 7.89. The molecular formula is C14H21N3O3S. The highest BCUT2D eigenvalue weighted by Crippen LogP contribution is 2.26. The van der Waals surface area contributed by atoms with Crippen LogP contribution in [0.4, 0.5) is 0 Å². The van der Waals surface area contributed by atoms with E-state index in [1.54, 1.807) is 26.0 Å². The summed E-state index contributed by atoms with van der Waals surface area (Å²) in [6, 6.07) is 4.94. The number of hydrogen-bond acceptors (Lipinski definition) is 4. The van der Waals surface area contributed by atoms with Gasteiger partial charge in [0.2, 0.25) is 15.9 Å². The van der Waals surface area contributed by atoms with Crippen LogP contribution >= 0.6 is 0 Å². The minimum Gasteiger partial charge on any atom is -0.369 e. The fraction of sp³-hybridized carbons (Fsp3) is 0.500. The van der Waals surface area contributed by atoms with Gasteiger partial charge in [-0.05, 0) is 44.0 Å². The largest absolute Gasteiger partial charge is 0.369 e. The third kappa shape index (κ3) is 3.25. The molecule has 116 valence electrons. The number of primary amides is 1. The van der Waals surface area contributed by atoms with Crippen molar-refractivity contribution in [3.8, 4) is 0 Å². The highest BCUT2D eigenvalue weighted by atomic mass is 32.2. The number of carbonyl (C=O) groups is 1. The molecule has 1 aromatic rings. The molecule has 1 amide bonds. The first-order valence-electron chi connectivity index (χ1n) is 6.95. The maximum absolute atomic E-state index is 12.9. The number of hydrogen-bond donors (Lipinski definition) is 2. The van der Waals surface area contributed by atoms with Crippen molar-refractivity contribution in [3.63, 3.8) is 0 Å². The van der Waals surface area contributed by atoms with Crippen molar-refractivity contribution >= 4 is 15.9 Å². The van der Waals surface area contributed by atoms with Crippen LogP contribution in [0, 0.1) is 0 Å². The summed E-state index contributed by atoms with van der Waals surface area (Å²) < 4.78 is 26.9. The Morgan fingerprint density at radius 1 is 1.43 bits per heavy atom. The van der Waals surface area contributed by atoms with Crippen LogP contribution in [0.3, 0.4) is 0 Å². The van der Waals surface area contributed by atoms with Crippen molar-refractivity contribution < 1.29 is 13.2 Å². The molecule has 1 aromatic carbocycles. The Bertz CT molecular complexity index is 641. The predicted octanol–water partition coefficient (Wildman–Crippen LogP) is 0.217. The first-order chi connectivity index (χ1) is 9.84. The van der Waals surface area contributed by atoms with E-state index in [1.165, 1.54) is 0 Å². The number of rotatable bonds is 5. The normalized spacial score (nSPS) is 15.2. The molecule has 0 bridgehead atoms. The Morgan fingerprint density at radius 2 is 2.14 bits per heavy atom. The van der Waals surface area contributed by atoms with E-state index >= 15 is 0 Å². The summed E-state index contributed by atoms with van der Waals surface area (Å²) in [4.78, 5) is 11.5. The molecule has 0 saturated carbocycles. The van der Waals surface area contributed by atoms with Crippen molar-refractivity contribution in [2.75, 3.05) is 13.1 Å². The van der Waals surface area contributed by atoms with Gasteiger partial charge in [-0.2, -0.15) is 4.31 Å². The topological polar surface area (TPSA) is 92.5 Å². The van der Waals surface area contributed by atoms with Gasteiger partial charge in [0.25, 0.3) is 0 Å². The number of nitrogens with zero attached hydrogens (tertiary/aromatic N) is 1. The molecule has 1 aliphatic heterocycles. The van der Waals surface area contributed by atoms with Gasteiger partial charge in [0.15, 0.2) is 0 Å². The van der Waals surface area contributed by atoms with Gasteiger partial charge in [-0.25, -0.2) is 8.42 Å². The standard InChI is InChI=1S/C14H21N3O3S/c1-10(2)17(9-14(15)18)21(19,20)13-5-3-4-11-8-16-7-6-12(11)13/h3-5,10,16H,6-9H2,1-2H3,(H2,15,18). The summed E-state index contributed by atoms with van der Waals surface area (Å²) >= 11 is 0. The van der Waals surface area contributed by atoms with Gasteiger partial charge in [0, 0.05) is 12.6 Å². The molecule has 0 fully saturated rings.